The zero-order chi connectivity index (χ0) is 16.0. The molecule has 4 rings (SSSR count). The van der Waals surface area contributed by atoms with E-state index in [0.29, 0.717) is 16.1 Å². The van der Waals surface area contributed by atoms with E-state index in [1.165, 1.54) is 12.8 Å². The summed E-state index contributed by atoms with van der Waals surface area (Å²) in [5.74, 6) is 0.940. The van der Waals surface area contributed by atoms with Crippen LogP contribution in [-0.2, 0) is 0 Å². The van der Waals surface area contributed by atoms with E-state index < -0.39 is 0 Å². The largest absolute Gasteiger partial charge is 0.354 e. The lowest BCUT2D eigenvalue weighted by molar-refractivity contribution is 0.728. The minimum Gasteiger partial charge on any atom is -0.354 e. The molecule has 118 valence electrons. The molecule has 1 aliphatic rings. The minimum atomic E-state index is 0.480. The topological polar surface area (TPSA) is 34.0 Å². The first-order valence-electron chi connectivity index (χ1n) is 7.69. The molecule has 0 radical (unpaired) electrons. The molecular formula is C17H16Cl2N4. The Morgan fingerprint density at radius 2 is 2.13 bits per heavy atom. The van der Waals surface area contributed by atoms with Crippen LogP contribution >= 0.6 is 23.2 Å². The lowest BCUT2D eigenvalue weighted by Crippen LogP contribution is -2.27. The van der Waals surface area contributed by atoms with Crippen LogP contribution < -0.4 is 4.90 Å². The third-order valence-corrected chi connectivity index (χ3v) is 5.26. The molecule has 0 bridgehead atoms. The first kappa shape index (κ1) is 14.8. The van der Waals surface area contributed by atoms with Gasteiger partial charge in [0.2, 0.25) is 0 Å². The highest BCUT2D eigenvalue weighted by Crippen LogP contribution is 2.36. The molecule has 1 saturated heterocycles. The summed E-state index contributed by atoms with van der Waals surface area (Å²) in [6, 6.07) is 6.36. The zero-order valence-electron chi connectivity index (χ0n) is 12.7. The van der Waals surface area contributed by atoms with Gasteiger partial charge in [0.15, 0.2) is 0 Å². The molecule has 23 heavy (non-hydrogen) atoms. The van der Waals surface area contributed by atoms with Crippen molar-refractivity contribution >= 4 is 39.9 Å². The molecule has 1 aliphatic heterocycles. The maximum atomic E-state index is 6.44. The van der Waals surface area contributed by atoms with Crippen molar-refractivity contribution in [1.29, 1.82) is 0 Å². The molecule has 0 amide bonds. The number of benzene rings is 1. The Bertz CT molecular complexity index is 861. The van der Waals surface area contributed by atoms with Crippen LogP contribution in [0.15, 0.2) is 36.9 Å². The van der Waals surface area contributed by atoms with Crippen molar-refractivity contribution in [1.82, 2.24) is 14.5 Å². The third kappa shape index (κ3) is 2.46. The maximum absolute atomic E-state index is 6.44. The molecule has 3 aromatic rings. The molecule has 0 spiro atoms. The van der Waals surface area contributed by atoms with Gasteiger partial charge < -0.3 is 9.47 Å². The van der Waals surface area contributed by atoms with E-state index in [9.17, 15) is 0 Å². The fraction of sp³-hybridized carbons (Fsp3) is 0.294. The van der Waals surface area contributed by atoms with Crippen molar-refractivity contribution in [2.24, 2.45) is 0 Å². The molecule has 6 heteroatoms. The van der Waals surface area contributed by atoms with Gasteiger partial charge in [-0.2, -0.15) is 0 Å². The van der Waals surface area contributed by atoms with Gasteiger partial charge in [-0.25, -0.2) is 9.97 Å². The second-order valence-corrected chi connectivity index (χ2v) is 6.70. The van der Waals surface area contributed by atoms with Gasteiger partial charge in [0.25, 0.3) is 0 Å². The zero-order valence-corrected chi connectivity index (χ0v) is 14.2. The number of imidazole rings is 1. The molecule has 4 nitrogen and oxygen atoms in total. The van der Waals surface area contributed by atoms with Crippen LogP contribution in [0.4, 0.5) is 5.82 Å². The minimum absolute atomic E-state index is 0.480. The van der Waals surface area contributed by atoms with E-state index in [4.69, 9.17) is 28.2 Å². The first-order valence-corrected chi connectivity index (χ1v) is 8.44. The number of rotatable bonds is 2. The molecular weight excluding hydrogens is 331 g/mol. The highest BCUT2D eigenvalue weighted by Gasteiger charge is 2.23. The Morgan fingerprint density at radius 3 is 2.83 bits per heavy atom. The summed E-state index contributed by atoms with van der Waals surface area (Å²) in [4.78, 5) is 11.3. The van der Waals surface area contributed by atoms with Gasteiger partial charge in [-0.05, 0) is 31.9 Å². The second-order valence-electron chi connectivity index (χ2n) is 5.91. The SMILES string of the molecule is C[C@@H]1CCCN1c1cc(-n2ccnc2)c2ccc(Cl)c(Cl)c2n1. The number of aromatic nitrogens is 3. The van der Waals surface area contributed by atoms with Crippen LogP contribution in [0.5, 0.6) is 0 Å². The molecule has 1 fully saturated rings. The lowest BCUT2D eigenvalue weighted by Gasteiger charge is -2.24. The van der Waals surface area contributed by atoms with E-state index in [0.717, 1.165) is 29.0 Å². The summed E-state index contributed by atoms with van der Waals surface area (Å²) in [5, 5.41) is 1.99. The van der Waals surface area contributed by atoms with Gasteiger partial charge in [-0.1, -0.05) is 23.2 Å². The molecule has 0 aliphatic carbocycles. The van der Waals surface area contributed by atoms with E-state index in [1.807, 2.05) is 22.9 Å². The average Bonchev–Trinajstić information content (AvgIpc) is 3.21. The third-order valence-electron chi connectivity index (χ3n) is 4.47. The van der Waals surface area contributed by atoms with Crippen molar-refractivity contribution < 1.29 is 0 Å². The maximum Gasteiger partial charge on any atom is 0.131 e. The van der Waals surface area contributed by atoms with Crippen LogP contribution in [0.25, 0.3) is 16.6 Å². The predicted octanol–water partition coefficient (Wildman–Crippen LogP) is 4.72. The Hall–Kier alpha value is -1.78. The molecule has 0 saturated carbocycles. The normalized spacial score (nSPS) is 18.0. The highest BCUT2D eigenvalue weighted by molar-refractivity contribution is 6.45. The van der Waals surface area contributed by atoms with Crippen molar-refractivity contribution in [2.45, 2.75) is 25.8 Å². The standard InChI is InChI=1S/C17H16Cl2N4/c1-11-3-2-7-23(11)15-9-14(22-8-6-20-10-22)12-4-5-13(18)16(19)17(12)21-15/h4-6,8-11H,2-3,7H2,1H3/t11-/m1/s1. The van der Waals surface area contributed by atoms with E-state index in [1.54, 1.807) is 12.5 Å². The van der Waals surface area contributed by atoms with Crippen LogP contribution in [0.1, 0.15) is 19.8 Å². The van der Waals surface area contributed by atoms with Gasteiger partial charge in [-0.15, -0.1) is 0 Å². The number of halogens is 2. The molecule has 1 atom stereocenters. The number of hydrogen-bond donors (Lipinski definition) is 0. The summed E-state index contributed by atoms with van der Waals surface area (Å²) < 4.78 is 1.98. The van der Waals surface area contributed by atoms with E-state index >= 15 is 0 Å². The molecule has 2 aromatic heterocycles. The van der Waals surface area contributed by atoms with Crippen LogP contribution in [0, 0.1) is 0 Å². The van der Waals surface area contributed by atoms with Crippen molar-refractivity contribution in [3.05, 3.63) is 47.0 Å². The monoisotopic (exact) mass is 346 g/mol. The molecule has 1 aromatic carbocycles. The van der Waals surface area contributed by atoms with Crippen LogP contribution in [0.2, 0.25) is 10.0 Å². The highest BCUT2D eigenvalue weighted by atomic mass is 35.5. The lowest BCUT2D eigenvalue weighted by atomic mass is 10.1. The molecule has 0 N–H and O–H groups in total. The van der Waals surface area contributed by atoms with Gasteiger partial charge in [-0.3, -0.25) is 0 Å². The second kappa shape index (κ2) is 5.69. The Balaban J connectivity index is 2.00. The molecule has 3 heterocycles. The molecule has 0 unspecified atom stereocenters. The fourth-order valence-corrected chi connectivity index (χ4v) is 3.60. The Morgan fingerprint density at radius 1 is 1.26 bits per heavy atom. The Kier molecular flexibility index (Phi) is 3.66. The smallest absolute Gasteiger partial charge is 0.131 e. The van der Waals surface area contributed by atoms with Gasteiger partial charge in [0.1, 0.15) is 5.82 Å². The van der Waals surface area contributed by atoms with Crippen LogP contribution in [-0.4, -0.2) is 27.1 Å². The summed E-state index contributed by atoms with van der Waals surface area (Å²) in [7, 11) is 0. The summed E-state index contributed by atoms with van der Waals surface area (Å²) in [6.07, 6.45) is 7.85. The summed E-state index contributed by atoms with van der Waals surface area (Å²) >= 11 is 12.6. The van der Waals surface area contributed by atoms with Crippen LogP contribution in [0.3, 0.4) is 0 Å². The number of hydrogen-bond acceptors (Lipinski definition) is 3. The number of anilines is 1. The average molecular weight is 347 g/mol. The van der Waals surface area contributed by atoms with Crippen molar-refractivity contribution in [3.8, 4) is 5.69 Å². The van der Waals surface area contributed by atoms with Crippen molar-refractivity contribution in [2.75, 3.05) is 11.4 Å². The first-order chi connectivity index (χ1) is 11.1. The van der Waals surface area contributed by atoms with Crippen molar-refractivity contribution in [3.63, 3.8) is 0 Å². The summed E-state index contributed by atoms with van der Waals surface area (Å²) in [6.45, 7) is 3.25. The number of pyridine rings is 1. The number of nitrogens with zero attached hydrogens (tertiary/aromatic N) is 4. The summed E-state index contributed by atoms with van der Waals surface area (Å²) in [5.41, 5.74) is 1.75. The van der Waals surface area contributed by atoms with Gasteiger partial charge in [0, 0.05) is 36.4 Å². The van der Waals surface area contributed by atoms with E-state index in [2.05, 4.69) is 22.9 Å². The fourth-order valence-electron chi connectivity index (χ4n) is 3.24. The Labute approximate surface area is 144 Å². The van der Waals surface area contributed by atoms with Gasteiger partial charge in [0.05, 0.1) is 27.6 Å². The van der Waals surface area contributed by atoms with E-state index in [-0.39, 0.29) is 0 Å². The number of fused-ring (bicyclic) bond motifs is 1. The predicted molar refractivity (Wildman–Crippen MR) is 94.9 cm³/mol. The quantitative estimate of drug-likeness (QED) is 0.673. The van der Waals surface area contributed by atoms with Gasteiger partial charge >= 0.3 is 0 Å².